The van der Waals surface area contributed by atoms with Crippen molar-refractivity contribution in [3.63, 3.8) is 0 Å². The molecule has 0 spiro atoms. The van der Waals surface area contributed by atoms with Gasteiger partial charge in [-0.2, -0.15) is 0 Å². The number of halogens is 1. The molecule has 0 saturated heterocycles. The molecule has 214 valence electrons. The lowest BCUT2D eigenvalue weighted by Gasteiger charge is -2.32. The van der Waals surface area contributed by atoms with Crippen molar-refractivity contribution >= 4 is 27.5 Å². The predicted octanol–water partition coefficient (Wildman–Crippen LogP) is 5.28. The van der Waals surface area contributed by atoms with Crippen molar-refractivity contribution in [2.75, 3.05) is 10.8 Å². The SMILES string of the molecule is CC[C@H](C)NC(=O)[C@@H](C)N(Cc1ccc(F)cc1)C(=O)CN(c1ccc(C)c(C)c1)S(=O)(=O)c1ccc(C)cc1. The van der Waals surface area contributed by atoms with Crippen molar-refractivity contribution in [2.45, 2.75) is 71.5 Å². The number of rotatable bonds is 11. The zero-order valence-corrected chi connectivity index (χ0v) is 24.8. The summed E-state index contributed by atoms with van der Waals surface area (Å²) in [6.07, 6.45) is 0.708. The molecule has 0 unspecified atom stereocenters. The minimum absolute atomic E-state index is 0.000446. The van der Waals surface area contributed by atoms with E-state index in [0.717, 1.165) is 21.0 Å². The van der Waals surface area contributed by atoms with Crippen LogP contribution in [0.15, 0.2) is 71.6 Å². The lowest BCUT2D eigenvalue weighted by Crippen LogP contribution is -2.52. The van der Waals surface area contributed by atoms with Crippen LogP contribution < -0.4 is 9.62 Å². The molecular formula is C31H38FN3O4S. The second kappa shape index (κ2) is 13.1. The molecule has 0 aromatic heterocycles. The van der Waals surface area contributed by atoms with Gasteiger partial charge in [0.2, 0.25) is 11.8 Å². The van der Waals surface area contributed by atoms with Gasteiger partial charge in [-0.1, -0.05) is 42.8 Å². The first kappa shape index (κ1) is 30.8. The van der Waals surface area contributed by atoms with Gasteiger partial charge >= 0.3 is 0 Å². The van der Waals surface area contributed by atoms with E-state index in [9.17, 15) is 22.4 Å². The Morgan fingerprint density at radius 3 is 2.10 bits per heavy atom. The van der Waals surface area contributed by atoms with Crippen LogP contribution in [0.1, 0.15) is 49.4 Å². The van der Waals surface area contributed by atoms with Gasteiger partial charge in [-0.25, -0.2) is 12.8 Å². The van der Waals surface area contributed by atoms with E-state index in [-0.39, 0.29) is 23.4 Å². The van der Waals surface area contributed by atoms with E-state index in [1.54, 1.807) is 43.3 Å². The molecule has 9 heteroatoms. The number of benzene rings is 3. The Balaban J connectivity index is 2.04. The maximum atomic E-state index is 13.9. The third kappa shape index (κ3) is 7.47. The van der Waals surface area contributed by atoms with Gasteiger partial charge in [0.05, 0.1) is 10.6 Å². The Hall–Kier alpha value is -3.72. The number of aryl methyl sites for hydroxylation is 3. The Morgan fingerprint density at radius 1 is 0.900 bits per heavy atom. The average molecular weight is 568 g/mol. The third-order valence-electron chi connectivity index (χ3n) is 7.10. The summed E-state index contributed by atoms with van der Waals surface area (Å²) in [6, 6.07) is 16.3. The van der Waals surface area contributed by atoms with Gasteiger partial charge < -0.3 is 10.2 Å². The molecule has 2 amide bonds. The normalized spacial score (nSPS) is 12.9. The highest BCUT2D eigenvalue weighted by atomic mass is 32.2. The highest BCUT2D eigenvalue weighted by molar-refractivity contribution is 7.92. The number of anilines is 1. The molecule has 1 N–H and O–H groups in total. The Kier molecular flexibility index (Phi) is 10.1. The van der Waals surface area contributed by atoms with Gasteiger partial charge in [0, 0.05) is 12.6 Å². The molecule has 0 aliphatic heterocycles. The molecule has 0 bridgehead atoms. The molecule has 2 atom stereocenters. The molecule has 0 saturated carbocycles. The van der Waals surface area contributed by atoms with Crippen LogP contribution in [0.2, 0.25) is 0 Å². The number of carbonyl (C=O) groups is 2. The molecule has 0 aliphatic carbocycles. The van der Waals surface area contributed by atoms with E-state index < -0.39 is 34.3 Å². The number of sulfonamides is 1. The molecule has 0 aliphatic rings. The molecule has 3 rings (SSSR count). The minimum Gasteiger partial charge on any atom is -0.352 e. The van der Waals surface area contributed by atoms with Crippen molar-refractivity contribution < 1.29 is 22.4 Å². The summed E-state index contributed by atoms with van der Waals surface area (Å²) >= 11 is 0. The lowest BCUT2D eigenvalue weighted by atomic mass is 10.1. The molecule has 3 aromatic carbocycles. The molecule has 0 radical (unpaired) electrons. The Labute approximate surface area is 237 Å². The van der Waals surface area contributed by atoms with Crippen molar-refractivity contribution in [1.82, 2.24) is 10.2 Å². The number of hydrogen-bond donors (Lipinski definition) is 1. The first-order valence-electron chi connectivity index (χ1n) is 13.3. The van der Waals surface area contributed by atoms with Gasteiger partial charge in [0.1, 0.15) is 18.4 Å². The standard InChI is InChI=1S/C31H38FN3O4S/c1-7-24(5)33-31(37)25(6)34(19-26-11-13-27(32)14-12-26)30(36)20-35(28-15-10-22(3)23(4)18-28)40(38,39)29-16-8-21(2)9-17-29/h8-18,24-25H,7,19-20H2,1-6H3,(H,33,37)/t24-,25+/m0/s1. The fourth-order valence-corrected chi connectivity index (χ4v) is 5.49. The van der Waals surface area contributed by atoms with E-state index in [2.05, 4.69) is 5.32 Å². The van der Waals surface area contributed by atoms with Gasteiger partial charge in [-0.3, -0.25) is 13.9 Å². The van der Waals surface area contributed by atoms with Crippen LogP contribution in [0.5, 0.6) is 0 Å². The fourth-order valence-electron chi connectivity index (χ4n) is 4.08. The molecule has 0 heterocycles. The van der Waals surface area contributed by atoms with Gasteiger partial charge in [-0.05, 0) is 94.1 Å². The van der Waals surface area contributed by atoms with E-state index in [1.165, 1.54) is 29.2 Å². The van der Waals surface area contributed by atoms with E-state index in [1.807, 2.05) is 40.7 Å². The summed E-state index contributed by atoms with van der Waals surface area (Å²) in [6.45, 7) is 10.5. The second-order valence-electron chi connectivity index (χ2n) is 10.2. The van der Waals surface area contributed by atoms with Gasteiger partial charge in [-0.15, -0.1) is 0 Å². The third-order valence-corrected chi connectivity index (χ3v) is 8.89. The fraction of sp³-hybridized carbons (Fsp3) is 0.355. The molecule has 40 heavy (non-hydrogen) atoms. The molecule has 7 nitrogen and oxygen atoms in total. The van der Waals surface area contributed by atoms with Crippen LogP contribution in [0, 0.1) is 26.6 Å². The zero-order valence-electron chi connectivity index (χ0n) is 23.9. The van der Waals surface area contributed by atoms with Crippen LogP contribution in [0.3, 0.4) is 0 Å². The quantitative estimate of drug-likeness (QED) is 0.342. The summed E-state index contributed by atoms with van der Waals surface area (Å²) in [5, 5.41) is 2.89. The van der Waals surface area contributed by atoms with Crippen LogP contribution >= 0.6 is 0 Å². The largest absolute Gasteiger partial charge is 0.352 e. The van der Waals surface area contributed by atoms with Crippen LogP contribution in [-0.2, 0) is 26.2 Å². The highest BCUT2D eigenvalue weighted by Crippen LogP contribution is 2.27. The van der Waals surface area contributed by atoms with Crippen molar-refractivity contribution in [1.29, 1.82) is 0 Å². The summed E-state index contributed by atoms with van der Waals surface area (Å²) in [4.78, 5) is 28.4. The summed E-state index contributed by atoms with van der Waals surface area (Å²) in [7, 11) is -4.14. The summed E-state index contributed by atoms with van der Waals surface area (Å²) in [5.74, 6) is -1.34. The maximum absolute atomic E-state index is 13.9. The Bertz CT molecular complexity index is 1440. The number of hydrogen-bond acceptors (Lipinski definition) is 4. The van der Waals surface area contributed by atoms with Crippen molar-refractivity contribution in [3.05, 3.63) is 94.8 Å². The smallest absolute Gasteiger partial charge is 0.264 e. The van der Waals surface area contributed by atoms with E-state index in [4.69, 9.17) is 0 Å². The Morgan fingerprint density at radius 2 is 1.52 bits per heavy atom. The lowest BCUT2D eigenvalue weighted by molar-refractivity contribution is -0.139. The number of nitrogens with one attached hydrogen (secondary N) is 1. The van der Waals surface area contributed by atoms with Crippen molar-refractivity contribution in [3.8, 4) is 0 Å². The second-order valence-corrected chi connectivity index (χ2v) is 12.1. The first-order valence-corrected chi connectivity index (χ1v) is 14.8. The predicted molar refractivity (Wildman–Crippen MR) is 156 cm³/mol. The first-order chi connectivity index (χ1) is 18.8. The summed E-state index contributed by atoms with van der Waals surface area (Å²) < 4.78 is 42.5. The van der Waals surface area contributed by atoms with Crippen LogP contribution in [0.4, 0.5) is 10.1 Å². The maximum Gasteiger partial charge on any atom is 0.264 e. The average Bonchev–Trinajstić information content (AvgIpc) is 2.92. The minimum atomic E-state index is -4.14. The molecule has 0 fully saturated rings. The number of carbonyl (C=O) groups excluding carboxylic acids is 2. The van der Waals surface area contributed by atoms with E-state index >= 15 is 0 Å². The van der Waals surface area contributed by atoms with Gasteiger partial charge in [0.15, 0.2) is 0 Å². The zero-order chi connectivity index (χ0) is 29.6. The van der Waals surface area contributed by atoms with E-state index in [0.29, 0.717) is 17.7 Å². The van der Waals surface area contributed by atoms with Crippen LogP contribution in [-0.4, -0.2) is 43.8 Å². The molecular weight excluding hydrogens is 529 g/mol. The number of amides is 2. The number of nitrogens with zero attached hydrogens (tertiary/aromatic N) is 2. The van der Waals surface area contributed by atoms with Crippen molar-refractivity contribution in [2.24, 2.45) is 0 Å². The monoisotopic (exact) mass is 567 g/mol. The van der Waals surface area contributed by atoms with Crippen LogP contribution in [0.25, 0.3) is 0 Å². The highest BCUT2D eigenvalue weighted by Gasteiger charge is 2.33. The topological polar surface area (TPSA) is 86.8 Å². The van der Waals surface area contributed by atoms with Gasteiger partial charge in [0.25, 0.3) is 10.0 Å². The summed E-state index contributed by atoms with van der Waals surface area (Å²) in [5.41, 5.74) is 3.71. The molecule has 3 aromatic rings.